The number of halogens is 3. The minimum atomic E-state index is -4.60. The molecule has 0 aromatic carbocycles. The van der Waals surface area contributed by atoms with Crippen LogP contribution in [0.1, 0.15) is 52.3 Å². The van der Waals surface area contributed by atoms with E-state index >= 15 is 0 Å². The lowest BCUT2D eigenvalue weighted by atomic mass is 10.0. The van der Waals surface area contributed by atoms with E-state index in [9.17, 15) is 18.0 Å². The largest absolute Gasteiger partial charge is 0.461 e. The Balaban J connectivity index is 0.00000188. The Hall–Kier alpha value is -4.04. The van der Waals surface area contributed by atoms with Crippen LogP contribution < -0.4 is 19.9 Å². The van der Waals surface area contributed by atoms with Crippen LogP contribution in [0.25, 0.3) is 11.3 Å². The van der Waals surface area contributed by atoms with Gasteiger partial charge in [0.15, 0.2) is 11.6 Å². The lowest BCUT2D eigenvalue weighted by Crippen LogP contribution is -2.48. The molecule has 0 aliphatic carbocycles. The fourth-order valence-electron chi connectivity index (χ4n) is 5.46. The van der Waals surface area contributed by atoms with E-state index in [1.807, 2.05) is 40.7 Å². The summed E-state index contributed by atoms with van der Waals surface area (Å²) in [6.07, 6.45) is -1.02. The molecular formula is C30H36F3N7O4. The normalized spacial score (nSPS) is 20.1. The molecule has 6 rings (SSSR count). The number of amides is 2. The molecule has 1 unspecified atom stereocenters. The lowest BCUT2D eigenvalue weighted by Gasteiger charge is -2.36. The topological polar surface area (TPSA) is 115 Å². The van der Waals surface area contributed by atoms with Crippen molar-refractivity contribution in [1.82, 2.24) is 19.9 Å². The third-order valence-electron chi connectivity index (χ3n) is 7.42. The highest BCUT2D eigenvalue weighted by molar-refractivity contribution is 6.04. The summed E-state index contributed by atoms with van der Waals surface area (Å²) >= 11 is 0. The first-order chi connectivity index (χ1) is 21.0. The van der Waals surface area contributed by atoms with Crippen LogP contribution in [-0.2, 0) is 22.1 Å². The predicted octanol–water partition coefficient (Wildman–Crippen LogP) is 5.70. The smallest absolute Gasteiger partial charge is 0.433 e. The zero-order valence-corrected chi connectivity index (χ0v) is 25.3. The molecule has 3 aromatic heterocycles. The highest BCUT2D eigenvalue weighted by Gasteiger charge is 2.41. The Morgan fingerprint density at radius 1 is 1.16 bits per heavy atom. The second-order valence-corrected chi connectivity index (χ2v) is 10.8. The molecule has 44 heavy (non-hydrogen) atoms. The van der Waals surface area contributed by atoms with Gasteiger partial charge in [-0.3, -0.25) is 15.2 Å². The second kappa shape index (κ2) is 12.5. The first-order valence-corrected chi connectivity index (χ1v) is 14.7. The van der Waals surface area contributed by atoms with E-state index in [1.54, 1.807) is 11.0 Å². The number of carbonyl (C=O) groups is 1. The first-order valence-electron chi connectivity index (χ1n) is 14.7. The monoisotopic (exact) mass is 615 g/mol. The van der Waals surface area contributed by atoms with E-state index < -0.39 is 23.7 Å². The zero-order chi connectivity index (χ0) is 31.6. The molecule has 0 radical (unpaired) electrons. The standard InChI is InChI=1S/C28H30F3N7O4.C2H6/c1-4-16-11-20-24(36-23(16)17-5-8-32-21(12-17)28(29,30)31)38(18-7-10-37(20)13-18)26(39)35-22-6-9-33-25(34-22)40-14-19-15-41-27(2,3)42-19;1-2/h5-6,8-9,11-12,18-19H,4,7,10,13-15H2,1-3H3,(H,33,34,35,39);1-2H3/t18?,19-;/m1./s1. The molecule has 2 amide bonds. The summed E-state index contributed by atoms with van der Waals surface area (Å²) in [5.41, 5.74) is 1.19. The van der Waals surface area contributed by atoms with Crippen LogP contribution in [0.3, 0.4) is 0 Å². The number of carbonyl (C=O) groups excluding carboxylic acids is 1. The number of alkyl halides is 3. The molecule has 6 heterocycles. The van der Waals surface area contributed by atoms with Crippen LogP contribution in [0, 0.1) is 0 Å². The molecule has 2 fully saturated rings. The minimum Gasteiger partial charge on any atom is -0.461 e. The Labute approximate surface area is 253 Å². The first kappa shape index (κ1) is 31.4. The van der Waals surface area contributed by atoms with Crippen molar-refractivity contribution in [2.24, 2.45) is 0 Å². The van der Waals surface area contributed by atoms with Crippen molar-refractivity contribution in [2.75, 3.05) is 41.4 Å². The van der Waals surface area contributed by atoms with E-state index in [0.29, 0.717) is 37.5 Å². The molecular weight excluding hydrogens is 579 g/mol. The van der Waals surface area contributed by atoms with Gasteiger partial charge in [0.2, 0.25) is 0 Å². The minimum absolute atomic E-state index is 0.0679. The molecule has 2 saturated heterocycles. The number of nitrogens with one attached hydrogen (secondary N) is 1. The number of aryl methyl sites for hydroxylation is 1. The summed E-state index contributed by atoms with van der Waals surface area (Å²) in [5.74, 6) is -0.0784. The highest BCUT2D eigenvalue weighted by atomic mass is 19.4. The fraction of sp³-hybridized carbons (Fsp3) is 0.500. The van der Waals surface area contributed by atoms with Gasteiger partial charge in [-0.2, -0.15) is 18.2 Å². The van der Waals surface area contributed by atoms with E-state index in [4.69, 9.17) is 19.2 Å². The number of rotatable bonds is 6. The Morgan fingerprint density at radius 2 is 1.93 bits per heavy atom. The van der Waals surface area contributed by atoms with Gasteiger partial charge in [-0.05, 0) is 56.5 Å². The number of ether oxygens (including phenoxy) is 3. The SMILES string of the molecule is CC.CCc1cc2c(nc1-c1ccnc(C(F)(F)F)c1)N(C(=O)Nc1ccnc(OC[C@@H]3COC(C)(C)O3)n1)C1CCN2C1. The number of urea groups is 1. The lowest BCUT2D eigenvalue weighted by molar-refractivity contribution is -0.142. The van der Waals surface area contributed by atoms with Gasteiger partial charge in [0.25, 0.3) is 0 Å². The molecule has 2 atom stereocenters. The van der Waals surface area contributed by atoms with Gasteiger partial charge in [0, 0.05) is 31.0 Å². The Morgan fingerprint density at radius 3 is 2.64 bits per heavy atom. The molecule has 1 N–H and O–H groups in total. The quantitative estimate of drug-likeness (QED) is 0.373. The molecule has 0 spiro atoms. The van der Waals surface area contributed by atoms with Crippen molar-refractivity contribution in [1.29, 1.82) is 0 Å². The van der Waals surface area contributed by atoms with Crippen LogP contribution in [-0.4, -0.2) is 70.2 Å². The van der Waals surface area contributed by atoms with Gasteiger partial charge in [0.05, 0.1) is 24.0 Å². The average molecular weight is 616 g/mol. The Bertz CT molecular complexity index is 1500. The molecule has 14 heteroatoms. The number of pyridine rings is 2. The van der Waals surface area contributed by atoms with Gasteiger partial charge < -0.3 is 19.1 Å². The molecule has 3 aromatic rings. The van der Waals surface area contributed by atoms with E-state index in [2.05, 4.69) is 25.2 Å². The van der Waals surface area contributed by atoms with Crippen molar-refractivity contribution in [2.45, 2.75) is 71.6 Å². The maximum absolute atomic E-state index is 13.7. The molecule has 3 aliphatic heterocycles. The molecule has 11 nitrogen and oxygen atoms in total. The zero-order valence-electron chi connectivity index (χ0n) is 25.3. The van der Waals surface area contributed by atoms with Crippen molar-refractivity contribution >= 4 is 23.4 Å². The predicted molar refractivity (Wildman–Crippen MR) is 158 cm³/mol. The van der Waals surface area contributed by atoms with Gasteiger partial charge in [-0.1, -0.05) is 20.8 Å². The van der Waals surface area contributed by atoms with E-state index in [-0.39, 0.29) is 36.1 Å². The van der Waals surface area contributed by atoms with Crippen molar-refractivity contribution in [3.63, 3.8) is 0 Å². The van der Waals surface area contributed by atoms with Crippen LogP contribution >= 0.6 is 0 Å². The van der Waals surface area contributed by atoms with Gasteiger partial charge in [-0.15, -0.1) is 0 Å². The third-order valence-corrected chi connectivity index (χ3v) is 7.42. The summed E-state index contributed by atoms with van der Waals surface area (Å²) in [4.78, 5) is 34.2. The maximum Gasteiger partial charge on any atom is 0.433 e. The molecule has 236 valence electrons. The average Bonchev–Trinajstić information content (AvgIpc) is 3.59. The van der Waals surface area contributed by atoms with Crippen LogP contribution in [0.5, 0.6) is 6.01 Å². The summed E-state index contributed by atoms with van der Waals surface area (Å²) in [6, 6.07) is 5.38. The molecule has 3 aliphatic rings. The number of anilines is 3. The molecule has 0 saturated carbocycles. The highest BCUT2D eigenvalue weighted by Crippen LogP contribution is 2.42. The van der Waals surface area contributed by atoms with Crippen molar-refractivity contribution < 1.29 is 32.2 Å². The van der Waals surface area contributed by atoms with Gasteiger partial charge in [0.1, 0.15) is 24.2 Å². The van der Waals surface area contributed by atoms with Crippen molar-refractivity contribution in [3.8, 4) is 17.3 Å². The van der Waals surface area contributed by atoms with Crippen LogP contribution in [0.15, 0.2) is 36.7 Å². The summed E-state index contributed by atoms with van der Waals surface area (Å²) in [7, 11) is 0. The number of fused-ring (bicyclic) bond motifs is 4. The maximum atomic E-state index is 13.7. The van der Waals surface area contributed by atoms with Gasteiger partial charge in [-0.25, -0.2) is 14.8 Å². The van der Waals surface area contributed by atoms with Gasteiger partial charge >= 0.3 is 18.2 Å². The van der Waals surface area contributed by atoms with E-state index in [1.165, 1.54) is 12.3 Å². The van der Waals surface area contributed by atoms with Crippen LogP contribution in [0.4, 0.5) is 35.3 Å². The number of aromatic nitrogens is 4. The van der Waals surface area contributed by atoms with E-state index in [0.717, 1.165) is 30.1 Å². The number of hydrogen-bond donors (Lipinski definition) is 1. The number of hydrogen-bond acceptors (Lipinski definition) is 9. The second-order valence-electron chi connectivity index (χ2n) is 10.8. The summed E-state index contributed by atoms with van der Waals surface area (Å²) in [6.45, 7) is 11.5. The summed E-state index contributed by atoms with van der Waals surface area (Å²) < 4.78 is 57.3. The summed E-state index contributed by atoms with van der Waals surface area (Å²) in [5, 5.41) is 2.82. The molecule has 2 bridgehead atoms. The fourth-order valence-corrected chi connectivity index (χ4v) is 5.46. The van der Waals surface area contributed by atoms with Crippen LogP contribution in [0.2, 0.25) is 0 Å². The van der Waals surface area contributed by atoms with Crippen molar-refractivity contribution in [3.05, 3.63) is 47.9 Å². The number of nitrogens with zero attached hydrogens (tertiary/aromatic N) is 6. The third kappa shape index (κ3) is 6.55. The Kier molecular flexibility index (Phi) is 8.93.